The number of ether oxygens (including phenoxy) is 2. The Labute approximate surface area is 104 Å². The molecule has 17 heavy (non-hydrogen) atoms. The van der Waals surface area contributed by atoms with Crippen LogP contribution in [0, 0.1) is 11.3 Å². The van der Waals surface area contributed by atoms with Gasteiger partial charge < -0.3 is 15.2 Å². The zero-order valence-corrected chi connectivity index (χ0v) is 10.1. The molecule has 0 heterocycles. The summed E-state index contributed by atoms with van der Waals surface area (Å²) >= 11 is 5.80. The predicted octanol–water partition coefficient (Wildman–Crippen LogP) is 2.00. The van der Waals surface area contributed by atoms with Gasteiger partial charge in [-0.3, -0.25) is 0 Å². The van der Waals surface area contributed by atoms with Crippen LogP contribution in [-0.4, -0.2) is 19.2 Å². The third kappa shape index (κ3) is 3.02. The number of esters is 1. The molecule has 0 radical (unpaired) electrons. The Balaban J connectivity index is 3.09. The fourth-order valence-electron chi connectivity index (χ4n) is 1.15. The average Bonchev–Trinajstić information content (AvgIpc) is 2.31. The number of carbonyl (C=O) groups excluding carboxylic acids is 1. The quantitative estimate of drug-likeness (QED) is 0.659. The first kappa shape index (κ1) is 13.1. The van der Waals surface area contributed by atoms with Crippen molar-refractivity contribution < 1.29 is 14.3 Å². The molecule has 0 aromatic heterocycles. The van der Waals surface area contributed by atoms with E-state index in [0.29, 0.717) is 5.69 Å². The summed E-state index contributed by atoms with van der Waals surface area (Å²) in [5.74, 6) is -0.431. The molecule has 0 aliphatic heterocycles. The second-order valence-electron chi connectivity index (χ2n) is 3.25. The molecule has 1 atom stereocenters. The Morgan fingerprint density at radius 1 is 1.59 bits per heavy atom. The molecule has 0 aliphatic carbocycles. The maximum absolute atomic E-state index is 11.7. The summed E-state index contributed by atoms with van der Waals surface area (Å²) in [6.45, 7) is 1.46. The first-order chi connectivity index (χ1) is 7.99. The number of rotatable bonds is 3. The Morgan fingerprint density at radius 2 is 2.24 bits per heavy atom. The summed E-state index contributed by atoms with van der Waals surface area (Å²) in [5.41, 5.74) is 6.01. The maximum Gasteiger partial charge on any atom is 0.343 e. The van der Waals surface area contributed by atoms with Gasteiger partial charge in [0.2, 0.25) is 0 Å². The molecule has 0 saturated heterocycles. The van der Waals surface area contributed by atoms with Gasteiger partial charge in [0, 0.05) is 6.07 Å². The molecule has 1 aromatic rings. The molecule has 0 bridgehead atoms. The highest BCUT2D eigenvalue weighted by atomic mass is 35.5. The van der Waals surface area contributed by atoms with E-state index >= 15 is 0 Å². The molecule has 1 aromatic carbocycles. The maximum atomic E-state index is 11.7. The number of carbonyl (C=O) groups is 1. The van der Waals surface area contributed by atoms with Crippen molar-refractivity contribution in [2.24, 2.45) is 0 Å². The van der Waals surface area contributed by atoms with Gasteiger partial charge in [0.05, 0.1) is 17.8 Å². The summed E-state index contributed by atoms with van der Waals surface area (Å²) in [6, 6.07) is 4.56. The third-order valence-electron chi connectivity index (χ3n) is 2.00. The lowest BCUT2D eigenvalue weighted by molar-refractivity contribution is 0.0432. The summed E-state index contributed by atoms with van der Waals surface area (Å²) in [7, 11) is 1.40. The Bertz CT molecular complexity index is 482. The molecular weight excluding hydrogens is 244 g/mol. The van der Waals surface area contributed by atoms with E-state index < -0.39 is 12.1 Å². The van der Waals surface area contributed by atoms with Crippen molar-refractivity contribution in [1.82, 2.24) is 0 Å². The summed E-state index contributed by atoms with van der Waals surface area (Å²) in [5, 5.41) is 8.78. The van der Waals surface area contributed by atoms with Crippen LogP contribution in [0.4, 0.5) is 5.69 Å². The van der Waals surface area contributed by atoms with Crippen LogP contribution in [0.2, 0.25) is 5.02 Å². The van der Waals surface area contributed by atoms with Crippen molar-refractivity contribution in [3.05, 3.63) is 22.7 Å². The standard InChI is InChI=1S/C11H11ClN2O3/c1-6(5-13)17-11(15)7-3-8(12)9(14)4-10(7)16-2/h3-4,6H,14H2,1-2H3/t6-/m0/s1. The number of nitriles is 1. The Hall–Kier alpha value is -1.93. The number of hydrogen-bond donors (Lipinski definition) is 1. The number of nitrogens with two attached hydrogens (primary N) is 1. The average molecular weight is 255 g/mol. The van der Waals surface area contributed by atoms with Crippen molar-refractivity contribution >= 4 is 23.3 Å². The SMILES string of the molecule is COc1cc(N)c(Cl)cc1C(=O)O[C@@H](C)C#N. The monoisotopic (exact) mass is 254 g/mol. The lowest BCUT2D eigenvalue weighted by atomic mass is 10.2. The lowest BCUT2D eigenvalue weighted by Crippen LogP contribution is -2.14. The van der Waals surface area contributed by atoms with E-state index in [0.717, 1.165) is 0 Å². The van der Waals surface area contributed by atoms with Crippen LogP contribution in [0.1, 0.15) is 17.3 Å². The fraction of sp³-hybridized carbons (Fsp3) is 0.273. The second kappa shape index (κ2) is 5.41. The molecule has 6 heteroatoms. The largest absolute Gasteiger partial charge is 0.496 e. The first-order valence-electron chi connectivity index (χ1n) is 4.73. The molecule has 0 amide bonds. The summed E-state index contributed by atoms with van der Waals surface area (Å²) in [4.78, 5) is 11.7. The van der Waals surface area contributed by atoms with E-state index in [2.05, 4.69) is 0 Å². The predicted molar refractivity (Wildman–Crippen MR) is 62.9 cm³/mol. The minimum atomic E-state index is -0.844. The van der Waals surface area contributed by atoms with Crippen LogP contribution in [0.25, 0.3) is 0 Å². The molecule has 0 unspecified atom stereocenters. The number of nitrogen functional groups attached to an aromatic ring is 1. The fourth-order valence-corrected chi connectivity index (χ4v) is 1.31. The van der Waals surface area contributed by atoms with Gasteiger partial charge in [-0.25, -0.2) is 4.79 Å². The lowest BCUT2D eigenvalue weighted by Gasteiger charge is -2.11. The van der Waals surface area contributed by atoms with Gasteiger partial charge in [-0.15, -0.1) is 0 Å². The Morgan fingerprint density at radius 3 is 2.76 bits per heavy atom. The number of benzene rings is 1. The van der Waals surface area contributed by atoms with Crippen LogP contribution in [0.15, 0.2) is 12.1 Å². The first-order valence-corrected chi connectivity index (χ1v) is 5.11. The topological polar surface area (TPSA) is 85.3 Å². The molecule has 0 aliphatic rings. The van der Waals surface area contributed by atoms with E-state index in [1.54, 1.807) is 6.07 Å². The van der Waals surface area contributed by atoms with Crippen molar-refractivity contribution in [3.8, 4) is 11.8 Å². The molecule has 0 fully saturated rings. The molecule has 0 saturated carbocycles. The van der Waals surface area contributed by atoms with Crippen LogP contribution in [0.5, 0.6) is 5.75 Å². The third-order valence-corrected chi connectivity index (χ3v) is 2.33. The van der Waals surface area contributed by atoms with Gasteiger partial charge in [0.25, 0.3) is 0 Å². The van der Waals surface area contributed by atoms with Crippen LogP contribution >= 0.6 is 11.6 Å². The molecule has 0 spiro atoms. The zero-order valence-electron chi connectivity index (χ0n) is 9.36. The number of hydrogen-bond acceptors (Lipinski definition) is 5. The van der Waals surface area contributed by atoms with Crippen molar-refractivity contribution in [3.63, 3.8) is 0 Å². The van der Waals surface area contributed by atoms with Gasteiger partial charge in [-0.1, -0.05) is 11.6 Å². The van der Waals surface area contributed by atoms with Crippen molar-refractivity contribution in [1.29, 1.82) is 5.26 Å². The van der Waals surface area contributed by atoms with Crippen LogP contribution in [-0.2, 0) is 4.74 Å². The van der Waals surface area contributed by atoms with Gasteiger partial charge in [-0.05, 0) is 13.0 Å². The highest BCUT2D eigenvalue weighted by molar-refractivity contribution is 6.33. The van der Waals surface area contributed by atoms with Gasteiger partial charge in [-0.2, -0.15) is 5.26 Å². The molecule has 90 valence electrons. The summed E-state index contributed by atoms with van der Waals surface area (Å²) in [6.07, 6.45) is -0.844. The summed E-state index contributed by atoms with van der Waals surface area (Å²) < 4.78 is 9.84. The van der Waals surface area contributed by atoms with E-state index in [-0.39, 0.29) is 16.3 Å². The highest BCUT2D eigenvalue weighted by Gasteiger charge is 2.18. The number of anilines is 1. The van der Waals surface area contributed by atoms with Crippen molar-refractivity contribution in [2.45, 2.75) is 13.0 Å². The van der Waals surface area contributed by atoms with E-state index in [1.165, 1.54) is 26.2 Å². The molecule has 1 rings (SSSR count). The highest BCUT2D eigenvalue weighted by Crippen LogP contribution is 2.29. The normalized spacial score (nSPS) is 11.4. The molecule has 5 nitrogen and oxygen atoms in total. The van der Waals surface area contributed by atoms with Crippen LogP contribution in [0.3, 0.4) is 0 Å². The number of methoxy groups -OCH3 is 1. The minimum absolute atomic E-state index is 0.133. The van der Waals surface area contributed by atoms with E-state index in [1.807, 2.05) is 0 Å². The van der Waals surface area contributed by atoms with E-state index in [9.17, 15) is 4.79 Å². The van der Waals surface area contributed by atoms with E-state index in [4.69, 9.17) is 32.1 Å². The van der Waals surface area contributed by atoms with Gasteiger partial charge in [0.1, 0.15) is 17.4 Å². The van der Waals surface area contributed by atoms with Crippen molar-refractivity contribution in [2.75, 3.05) is 12.8 Å². The number of nitrogens with zero attached hydrogens (tertiary/aromatic N) is 1. The molecule has 2 N–H and O–H groups in total. The second-order valence-corrected chi connectivity index (χ2v) is 3.66. The van der Waals surface area contributed by atoms with Crippen LogP contribution < -0.4 is 10.5 Å². The molecular formula is C11H11ClN2O3. The zero-order chi connectivity index (χ0) is 13.0. The Kier molecular flexibility index (Phi) is 4.18. The van der Waals surface area contributed by atoms with Gasteiger partial charge >= 0.3 is 5.97 Å². The minimum Gasteiger partial charge on any atom is -0.496 e. The van der Waals surface area contributed by atoms with Gasteiger partial charge in [0.15, 0.2) is 6.10 Å². The smallest absolute Gasteiger partial charge is 0.343 e. The number of halogens is 1.